The zero-order valence-electron chi connectivity index (χ0n) is 17.7. The lowest BCUT2D eigenvalue weighted by molar-refractivity contribution is 0.0299. The molecule has 2 aliphatic heterocycles. The maximum atomic E-state index is 13.4. The molecule has 9 nitrogen and oxygen atoms in total. The van der Waals surface area contributed by atoms with E-state index in [2.05, 4.69) is 15.1 Å². The van der Waals surface area contributed by atoms with Crippen LogP contribution in [0.15, 0.2) is 18.5 Å². The molecule has 2 amide bonds. The molecule has 0 aromatic carbocycles. The minimum absolute atomic E-state index is 0.0789. The van der Waals surface area contributed by atoms with Gasteiger partial charge in [-0.25, -0.2) is 9.97 Å². The number of carbonyl (C=O) groups excluding carboxylic acids is 2. The van der Waals surface area contributed by atoms with Crippen LogP contribution < -0.4 is 0 Å². The molecule has 9 heteroatoms. The van der Waals surface area contributed by atoms with Crippen molar-refractivity contribution in [3.63, 3.8) is 0 Å². The van der Waals surface area contributed by atoms with Gasteiger partial charge in [-0.3, -0.25) is 14.3 Å². The van der Waals surface area contributed by atoms with Gasteiger partial charge in [0.25, 0.3) is 11.8 Å². The van der Waals surface area contributed by atoms with Crippen molar-refractivity contribution in [2.75, 3.05) is 32.8 Å². The fraction of sp³-hybridized carbons (Fsp3) is 0.571. The van der Waals surface area contributed by atoms with Crippen LogP contribution in [0, 0.1) is 6.92 Å². The summed E-state index contributed by atoms with van der Waals surface area (Å²) in [6, 6.07) is 1.58. The largest absolute Gasteiger partial charge is 0.378 e. The monoisotopic (exact) mass is 412 g/mol. The van der Waals surface area contributed by atoms with Gasteiger partial charge in [0.2, 0.25) is 0 Å². The molecule has 0 saturated carbocycles. The average Bonchev–Trinajstić information content (AvgIpc) is 3.43. The van der Waals surface area contributed by atoms with Crippen LogP contribution in [-0.4, -0.2) is 74.2 Å². The van der Waals surface area contributed by atoms with E-state index in [0.29, 0.717) is 55.6 Å². The highest BCUT2D eigenvalue weighted by Crippen LogP contribution is 2.34. The minimum Gasteiger partial charge on any atom is -0.378 e. The molecule has 2 fully saturated rings. The molecule has 2 saturated heterocycles. The number of ether oxygens (including phenoxy) is 1. The van der Waals surface area contributed by atoms with Crippen molar-refractivity contribution in [3.05, 3.63) is 41.2 Å². The summed E-state index contributed by atoms with van der Waals surface area (Å²) in [5.74, 6) is 0.416. The maximum Gasteiger partial charge on any atom is 0.272 e. The molecule has 4 heterocycles. The van der Waals surface area contributed by atoms with Crippen molar-refractivity contribution < 1.29 is 14.3 Å². The highest BCUT2D eigenvalue weighted by atomic mass is 16.5. The third kappa shape index (κ3) is 3.81. The number of aromatic nitrogens is 4. The minimum atomic E-state index is -0.255. The Morgan fingerprint density at radius 2 is 1.93 bits per heavy atom. The summed E-state index contributed by atoms with van der Waals surface area (Å²) in [6.07, 6.45) is 4.89. The first kappa shape index (κ1) is 20.5. The van der Waals surface area contributed by atoms with Gasteiger partial charge in [0.05, 0.1) is 30.5 Å². The second-order valence-electron chi connectivity index (χ2n) is 8.03. The second-order valence-corrected chi connectivity index (χ2v) is 8.03. The highest BCUT2D eigenvalue weighted by molar-refractivity contribution is 5.96. The molecule has 2 aromatic heterocycles. The van der Waals surface area contributed by atoms with Crippen LogP contribution in [0.25, 0.3) is 0 Å². The third-order valence-corrected chi connectivity index (χ3v) is 5.68. The summed E-state index contributed by atoms with van der Waals surface area (Å²) in [5, 5.41) is 4.30. The number of hydrogen-bond donors (Lipinski definition) is 0. The van der Waals surface area contributed by atoms with Crippen LogP contribution in [0.2, 0.25) is 0 Å². The standard InChI is InChI=1S/C21H28N6O3/c1-14(2)27-18(6-7-23-27)21(29)26-8-4-5-17(26)19-16(13-22-15(3)24-19)20(28)25-9-11-30-12-10-25/h6-7,13-14,17H,4-5,8-12H2,1-3H3. The fourth-order valence-electron chi connectivity index (χ4n) is 4.18. The van der Waals surface area contributed by atoms with E-state index in [1.54, 1.807) is 35.0 Å². The molecule has 0 aliphatic carbocycles. The average molecular weight is 412 g/mol. The number of carbonyl (C=O) groups is 2. The van der Waals surface area contributed by atoms with Gasteiger partial charge in [0.1, 0.15) is 11.5 Å². The van der Waals surface area contributed by atoms with Crippen LogP contribution in [0.5, 0.6) is 0 Å². The van der Waals surface area contributed by atoms with E-state index >= 15 is 0 Å². The molecule has 1 unspecified atom stereocenters. The van der Waals surface area contributed by atoms with Crippen molar-refractivity contribution in [2.45, 2.75) is 45.7 Å². The van der Waals surface area contributed by atoms with Gasteiger partial charge >= 0.3 is 0 Å². The van der Waals surface area contributed by atoms with Gasteiger partial charge in [-0.05, 0) is 39.7 Å². The summed E-state index contributed by atoms with van der Waals surface area (Å²) in [4.78, 5) is 39.1. The zero-order chi connectivity index (χ0) is 21.3. The number of aryl methyl sites for hydroxylation is 1. The molecule has 0 bridgehead atoms. The predicted molar refractivity (Wildman–Crippen MR) is 109 cm³/mol. The number of likely N-dealkylation sites (tertiary alicyclic amines) is 1. The molecule has 2 aliphatic rings. The fourth-order valence-corrected chi connectivity index (χ4v) is 4.18. The van der Waals surface area contributed by atoms with Crippen molar-refractivity contribution in [2.24, 2.45) is 0 Å². The molecule has 30 heavy (non-hydrogen) atoms. The van der Waals surface area contributed by atoms with E-state index in [4.69, 9.17) is 4.74 Å². The molecule has 0 radical (unpaired) electrons. The second kappa shape index (κ2) is 8.51. The Hall–Kier alpha value is -2.81. The Balaban J connectivity index is 1.67. The number of morpholine rings is 1. The van der Waals surface area contributed by atoms with Crippen LogP contribution in [-0.2, 0) is 4.74 Å². The van der Waals surface area contributed by atoms with Crippen molar-refractivity contribution in [3.8, 4) is 0 Å². The lowest BCUT2D eigenvalue weighted by Crippen LogP contribution is -2.42. The lowest BCUT2D eigenvalue weighted by Gasteiger charge is -2.30. The Kier molecular flexibility index (Phi) is 5.80. The van der Waals surface area contributed by atoms with E-state index in [1.807, 2.05) is 18.7 Å². The lowest BCUT2D eigenvalue weighted by atomic mass is 10.0. The topological polar surface area (TPSA) is 93.5 Å². The summed E-state index contributed by atoms with van der Waals surface area (Å²) in [6.45, 7) is 8.58. The molecule has 1 atom stereocenters. The SMILES string of the molecule is Cc1ncc(C(=O)N2CCOCC2)c(C2CCCN2C(=O)c2ccnn2C(C)C)n1. The first-order valence-corrected chi connectivity index (χ1v) is 10.5. The van der Waals surface area contributed by atoms with Crippen molar-refractivity contribution in [1.29, 1.82) is 0 Å². The van der Waals surface area contributed by atoms with E-state index in [0.717, 1.165) is 12.8 Å². The Labute approximate surface area is 176 Å². The molecule has 160 valence electrons. The normalized spacial score (nSPS) is 19.5. The Morgan fingerprint density at radius 3 is 2.67 bits per heavy atom. The quantitative estimate of drug-likeness (QED) is 0.763. The summed E-state index contributed by atoms with van der Waals surface area (Å²) < 4.78 is 7.11. The van der Waals surface area contributed by atoms with Gasteiger partial charge in [0, 0.05) is 38.1 Å². The maximum absolute atomic E-state index is 13.4. The first-order valence-electron chi connectivity index (χ1n) is 10.5. The van der Waals surface area contributed by atoms with Crippen molar-refractivity contribution >= 4 is 11.8 Å². The van der Waals surface area contributed by atoms with Gasteiger partial charge in [-0.2, -0.15) is 5.10 Å². The van der Waals surface area contributed by atoms with Crippen molar-refractivity contribution in [1.82, 2.24) is 29.5 Å². The molecule has 0 N–H and O–H groups in total. The van der Waals surface area contributed by atoms with Crippen LogP contribution in [0.3, 0.4) is 0 Å². The Morgan fingerprint density at radius 1 is 1.17 bits per heavy atom. The smallest absolute Gasteiger partial charge is 0.272 e. The highest BCUT2D eigenvalue weighted by Gasteiger charge is 2.36. The zero-order valence-corrected chi connectivity index (χ0v) is 17.7. The van der Waals surface area contributed by atoms with E-state index in [-0.39, 0.29) is 23.9 Å². The third-order valence-electron chi connectivity index (χ3n) is 5.68. The first-order chi connectivity index (χ1) is 14.5. The number of nitrogens with zero attached hydrogens (tertiary/aromatic N) is 6. The van der Waals surface area contributed by atoms with Crippen LogP contribution in [0.1, 0.15) is 71.1 Å². The molecule has 4 rings (SSSR count). The summed E-state index contributed by atoms with van der Waals surface area (Å²) in [5.41, 5.74) is 1.67. The van der Waals surface area contributed by atoms with Gasteiger partial charge in [-0.15, -0.1) is 0 Å². The number of amides is 2. The van der Waals surface area contributed by atoms with Gasteiger partial charge < -0.3 is 14.5 Å². The van der Waals surface area contributed by atoms with Crippen LogP contribution >= 0.6 is 0 Å². The molecular weight excluding hydrogens is 384 g/mol. The van der Waals surface area contributed by atoms with E-state index < -0.39 is 0 Å². The predicted octanol–water partition coefficient (Wildman–Crippen LogP) is 2.01. The van der Waals surface area contributed by atoms with E-state index in [9.17, 15) is 9.59 Å². The summed E-state index contributed by atoms with van der Waals surface area (Å²) in [7, 11) is 0. The number of rotatable bonds is 4. The molecule has 2 aromatic rings. The summed E-state index contributed by atoms with van der Waals surface area (Å²) >= 11 is 0. The van der Waals surface area contributed by atoms with Gasteiger partial charge in [-0.1, -0.05) is 0 Å². The Bertz CT molecular complexity index is 935. The number of hydrogen-bond acceptors (Lipinski definition) is 6. The van der Waals surface area contributed by atoms with Gasteiger partial charge in [0.15, 0.2) is 0 Å². The molecule has 0 spiro atoms. The van der Waals surface area contributed by atoms with E-state index in [1.165, 1.54) is 0 Å². The van der Waals surface area contributed by atoms with Crippen LogP contribution in [0.4, 0.5) is 0 Å². The molecular formula is C21H28N6O3.